The Kier molecular flexibility index (Phi) is 7.16. The van der Waals surface area contributed by atoms with E-state index in [1.807, 2.05) is 30.5 Å². The number of aromatic amines is 1. The van der Waals surface area contributed by atoms with Gasteiger partial charge in [-0.3, -0.25) is 4.79 Å². The number of aryl methyl sites for hydroxylation is 1. The number of rotatable bonds is 9. The Balaban J connectivity index is 1.71. The quantitative estimate of drug-likeness (QED) is 0.336. The van der Waals surface area contributed by atoms with E-state index in [1.54, 1.807) is 26.4 Å². The Hall–Kier alpha value is -3.80. The number of H-pyrrole nitrogens is 1. The second-order valence-electron chi connectivity index (χ2n) is 8.18. The third kappa shape index (κ3) is 4.76. The zero-order chi connectivity index (χ0) is 24.1. The number of carbonyl (C=O) groups is 1. The Morgan fingerprint density at radius 1 is 1.00 bits per heavy atom. The Morgan fingerprint density at radius 2 is 1.76 bits per heavy atom. The van der Waals surface area contributed by atoms with Crippen LogP contribution in [0.2, 0.25) is 0 Å². The van der Waals surface area contributed by atoms with Gasteiger partial charge in [-0.2, -0.15) is 0 Å². The molecule has 1 atom stereocenters. The number of carbonyl (C=O) groups excluding carboxylic acids is 1. The van der Waals surface area contributed by atoms with Crippen LogP contribution in [0.1, 0.15) is 41.5 Å². The van der Waals surface area contributed by atoms with Gasteiger partial charge >= 0.3 is 0 Å². The topological polar surface area (TPSA) is 63.4 Å². The number of halogens is 1. The molecule has 0 bridgehead atoms. The molecule has 0 spiro atoms. The molecule has 0 radical (unpaired) electrons. The normalized spacial score (nSPS) is 11.9. The van der Waals surface area contributed by atoms with Gasteiger partial charge in [0.25, 0.3) is 0 Å². The average Bonchev–Trinajstić information content (AvgIpc) is 3.30. The van der Waals surface area contributed by atoms with E-state index < -0.39 is 0 Å². The summed E-state index contributed by atoms with van der Waals surface area (Å²) in [5, 5.41) is 4.06. The molecular weight excluding hydrogens is 431 g/mol. The van der Waals surface area contributed by atoms with Crippen LogP contribution < -0.4 is 14.8 Å². The van der Waals surface area contributed by atoms with Crippen molar-refractivity contribution in [2.75, 3.05) is 14.2 Å². The molecule has 3 aromatic carbocycles. The first-order valence-corrected chi connectivity index (χ1v) is 11.4. The largest absolute Gasteiger partial charge is 0.493 e. The van der Waals surface area contributed by atoms with Crippen molar-refractivity contribution in [3.05, 3.63) is 94.9 Å². The van der Waals surface area contributed by atoms with Crippen molar-refractivity contribution in [1.82, 2.24) is 10.3 Å². The van der Waals surface area contributed by atoms with Crippen molar-refractivity contribution >= 4 is 16.8 Å². The van der Waals surface area contributed by atoms with Crippen molar-refractivity contribution < 1.29 is 18.7 Å². The van der Waals surface area contributed by atoms with E-state index >= 15 is 0 Å². The van der Waals surface area contributed by atoms with Gasteiger partial charge in [-0.05, 0) is 41.3 Å². The number of nitrogens with one attached hydrogen (secondary N) is 2. The van der Waals surface area contributed by atoms with Crippen LogP contribution in [0, 0.1) is 5.82 Å². The van der Waals surface area contributed by atoms with Crippen LogP contribution in [0.25, 0.3) is 10.9 Å². The van der Waals surface area contributed by atoms with Crippen molar-refractivity contribution in [1.29, 1.82) is 0 Å². The molecule has 0 saturated heterocycles. The van der Waals surface area contributed by atoms with E-state index in [4.69, 9.17) is 9.47 Å². The fourth-order valence-electron chi connectivity index (χ4n) is 4.46. The first-order chi connectivity index (χ1) is 16.5. The summed E-state index contributed by atoms with van der Waals surface area (Å²) in [6.07, 6.45) is 3.11. The molecule has 0 saturated carbocycles. The number of hydrogen-bond donors (Lipinski definition) is 2. The van der Waals surface area contributed by atoms with Crippen LogP contribution in [-0.4, -0.2) is 25.1 Å². The fraction of sp³-hybridized carbons (Fsp3) is 0.250. The van der Waals surface area contributed by atoms with Gasteiger partial charge in [0, 0.05) is 41.5 Å². The SMILES string of the molecule is CCc1cccc2c([C@@H](CC(=O)NCc3ccc(F)cc3)c3cccc(OC)c3OC)c[nH]c12. The minimum atomic E-state index is -0.300. The highest BCUT2D eigenvalue weighted by atomic mass is 19.1. The second kappa shape index (κ2) is 10.4. The average molecular weight is 461 g/mol. The number of para-hydroxylation sites is 2. The highest BCUT2D eigenvalue weighted by Crippen LogP contribution is 2.42. The van der Waals surface area contributed by atoms with E-state index in [2.05, 4.69) is 29.4 Å². The van der Waals surface area contributed by atoms with Crippen LogP contribution in [0.5, 0.6) is 11.5 Å². The maximum Gasteiger partial charge on any atom is 0.221 e. The van der Waals surface area contributed by atoms with E-state index in [-0.39, 0.29) is 24.1 Å². The molecule has 2 N–H and O–H groups in total. The summed E-state index contributed by atoms with van der Waals surface area (Å²) in [6.45, 7) is 2.45. The summed E-state index contributed by atoms with van der Waals surface area (Å²) in [7, 11) is 3.21. The highest BCUT2D eigenvalue weighted by molar-refractivity contribution is 5.88. The summed E-state index contributed by atoms with van der Waals surface area (Å²) >= 11 is 0. The highest BCUT2D eigenvalue weighted by Gasteiger charge is 2.26. The van der Waals surface area contributed by atoms with Crippen LogP contribution in [0.15, 0.2) is 66.9 Å². The Bertz CT molecular complexity index is 1280. The number of aromatic nitrogens is 1. The summed E-state index contributed by atoms with van der Waals surface area (Å²) in [4.78, 5) is 16.5. The number of methoxy groups -OCH3 is 2. The number of fused-ring (bicyclic) bond motifs is 1. The third-order valence-corrected chi connectivity index (χ3v) is 6.19. The zero-order valence-corrected chi connectivity index (χ0v) is 19.7. The molecule has 6 heteroatoms. The van der Waals surface area contributed by atoms with Crippen LogP contribution in [0.4, 0.5) is 4.39 Å². The Labute approximate surface area is 198 Å². The van der Waals surface area contributed by atoms with Gasteiger partial charge in [-0.15, -0.1) is 0 Å². The number of ether oxygens (including phenoxy) is 2. The summed E-state index contributed by atoms with van der Waals surface area (Å²) in [6, 6.07) is 18.1. The van der Waals surface area contributed by atoms with Gasteiger partial charge in [-0.25, -0.2) is 4.39 Å². The number of hydrogen-bond acceptors (Lipinski definition) is 3. The first kappa shape index (κ1) is 23.4. The van der Waals surface area contributed by atoms with E-state index in [0.29, 0.717) is 18.0 Å². The molecule has 0 aliphatic heterocycles. The molecule has 1 aromatic heterocycles. The van der Waals surface area contributed by atoms with Gasteiger partial charge < -0.3 is 19.8 Å². The minimum absolute atomic E-state index is 0.111. The van der Waals surface area contributed by atoms with E-state index in [1.165, 1.54) is 17.7 Å². The third-order valence-electron chi connectivity index (χ3n) is 6.19. The van der Waals surface area contributed by atoms with Gasteiger partial charge in [0.2, 0.25) is 5.91 Å². The molecule has 34 heavy (non-hydrogen) atoms. The minimum Gasteiger partial charge on any atom is -0.493 e. The predicted octanol–water partition coefficient (Wildman–Crippen LogP) is 5.73. The summed E-state index contributed by atoms with van der Waals surface area (Å²) in [5.41, 5.74) is 5.04. The van der Waals surface area contributed by atoms with Crippen molar-refractivity contribution in [3.63, 3.8) is 0 Å². The standard InChI is InChI=1S/C28H29FN2O3/c1-4-19-7-5-8-21-24(17-31-27(19)21)23(22-9-6-10-25(33-2)28(22)34-3)15-26(32)30-16-18-11-13-20(29)14-12-18/h5-14,17,23,31H,4,15-16H2,1-3H3,(H,30,32)/t23-/m0/s1. The van der Waals surface area contributed by atoms with Gasteiger partial charge in [0.15, 0.2) is 11.5 Å². The van der Waals surface area contributed by atoms with Crippen LogP contribution >= 0.6 is 0 Å². The van der Waals surface area contributed by atoms with Crippen molar-refractivity contribution in [2.45, 2.75) is 32.2 Å². The Morgan fingerprint density at radius 3 is 2.47 bits per heavy atom. The van der Waals surface area contributed by atoms with E-state index in [9.17, 15) is 9.18 Å². The molecule has 0 aliphatic rings. The first-order valence-electron chi connectivity index (χ1n) is 11.4. The van der Waals surface area contributed by atoms with E-state index in [0.717, 1.165) is 34.0 Å². The summed E-state index contributed by atoms with van der Waals surface area (Å²) in [5.74, 6) is 0.554. The lowest BCUT2D eigenvalue weighted by Gasteiger charge is -2.21. The van der Waals surface area contributed by atoms with Crippen LogP contribution in [0.3, 0.4) is 0 Å². The molecule has 4 aromatic rings. The maximum atomic E-state index is 13.2. The number of benzene rings is 3. The monoisotopic (exact) mass is 460 g/mol. The lowest BCUT2D eigenvalue weighted by atomic mass is 9.86. The zero-order valence-electron chi connectivity index (χ0n) is 19.7. The van der Waals surface area contributed by atoms with Gasteiger partial charge in [0.05, 0.1) is 14.2 Å². The molecule has 0 fully saturated rings. The predicted molar refractivity (Wildman–Crippen MR) is 132 cm³/mol. The number of amides is 1. The fourth-order valence-corrected chi connectivity index (χ4v) is 4.46. The molecule has 1 amide bonds. The van der Waals surface area contributed by atoms with Crippen molar-refractivity contribution in [3.8, 4) is 11.5 Å². The molecule has 4 rings (SSSR count). The lowest BCUT2D eigenvalue weighted by Crippen LogP contribution is -2.25. The lowest BCUT2D eigenvalue weighted by molar-refractivity contribution is -0.121. The molecule has 0 unspecified atom stereocenters. The molecule has 0 aliphatic carbocycles. The molecule has 176 valence electrons. The van der Waals surface area contributed by atoms with Gasteiger partial charge in [-0.1, -0.05) is 49.4 Å². The second-order valence-corrected chi connectivity index (χ2v) is 8.18. The molecule has 1 heterocycles. The van der Waals surface area contributed by atoms with Gasteiger partial charge in [0.1, 0.15) is 5.82 Å². The van der Waals surface area contributed by atoms with Crippen molar-refractivity contribution in [2.24, 2.45) is 0 Å². The molecule has 5 nitrogen and oxygen atoms in total. The van der Waals surface area contributed by atoms with Crippen LogP contribution in [-0.2, 0) is 17.8 Å². The maximum absolute atomic E-state index is 13.2. The molecular formula is C28H29FN2O3. The summed E-state index contributed by atoms with van der Waals surface area (Å²) < 4.78 is 24.5. The smallest absolute Gasteiger partial charge is 0.221 e.